The molecule has 0 radical (unpaired) electrons. The molecular formula is C15H16ClNO. The summed E-state index contributed by atoms with van der Waals surface area (Å²) in [7, 11) is 1.98. The summed E-state index contributed by atoms with van der Waals surface area (Å²) in [5.74, 6) is 0.237. The van der Waals surface area contributed by atoms with Crippen molar-refractivity contribution in [1.82, 2.24) is 0 Å². The fourth-order valence-corrected chi connectivity index (χ4v) is 2.06. The van der Waals surface area contributed by atoms with Crippen LogP contribution < -0.4 is 4.90 Å². The third-order valence-electron chi connectivity index (χ3n) is 2.96. The number of rotatable bonds is 3. The highest BCUT2D eigenvalue weighted by molar-refractivity contribution is 6.31. The quantitative estimate of drug-likeness (QED) is 0.903. The monoisotopic (exact) mass is 261 g/mol. The molecule has 0 atom stereocenters. The molecule has 0 saturated heterocycles. The van der Waals surface area contributed by atoms with Crippen LogP contribution in [-0.2, 0) is 6.54 Å². The molecule has 0 heterocycles. The van der Waals surface area contributed by atoms with Crippen LogP contribution in [0.1, 0.15) is 11.1 Å². The molecule has 0 aliphatic heterocycles. The van der Waals surface area contributed by atoms with E-state index in [1.165, 1.54) is 5.56 Å². The minimum absolute atomic E-state index is 0.237. The van der Waals surface area contributed by atoms with Crippen LogP contribution in [0.5, 0.6) is 5.75 Å². The van der Waals surface area contributed by atoms with Crippen molar-refractivity contribution in [1.29, 1.82) is 0 Å². The lowest BCUT2D eigenvalue weighted by atomic mass is 10.1. The molecule has 0 aromatic heterocycles. The van der Waals surface area contributed by atoms with Gasteiger partial charge >= 0.3 is 0 Å². The van der Waals surface area contributed by atoms with E-state index in [1.807, 2.05) is 7.05 Å². The van der Waals surface area contributed by atoms with Crippen molar-refractivity contribution in [3.8, 4) is 5.75 Å². The Kier molecular flexibility index (Phi) is 3.78. The second-order valence-corrected chi connectivity index (χ2v) is 4.84. The second-order valence-electron chi connectivity index (χ2n) is 4.43. The van der Waals surface area contributed by atoms with Gasteiger partial charge in [0.1, 0.15) is 5.75 Å². The highest BCUT2D eigenvalue weighted by Gasteiger charge is 2.09. The largest absolute Gasteiger partial charge is 0.508 e. The smallest absolute Gasteiger partial charge is 0.122 e. The number of aromatic hydroxyl groups is 1. The number of hydrogen-bond acceptors (Lipinski definition) is 2. The molecular weight excluding hydrogens is 246 g/mol. The Morgan fingerprint density at radius 1 is 1.11 bits per heavy atom. The zero-order valence-corrected chi connectivity index (χ0v) is 11.3. The fraction of sp³-hybridized carbons (Fsp3) is 0.200. The maximum absolute atomic E-state index is 9.82. The van der Waals surface area contributed by atoms with Gasteiger partial charge in [-0.1, -0.05) is 35.4 Å². The lowest BCUT2D eigenvalue weighted by Crippen LogP contribution is -2.16. The van der Waals surface area contributed by atoms with E-state index in [4.69, 9.17) is 11.6 Å². The number of aryl methyl sites for hydroxylation is 1. The lowest BCUT2D eigenvalue weighted by molar-refractivity contribution is 0.468. The Bertz CT molecular complexity index is 516. The zero-order chi connectivity index (χ0) is 13.1. The maximum Gasteiger partial charge on any atom is 0.122 e. The summed E-state index contributed by atoms with van der Waals surface area (Å²) in [6.07, 6.45) is 0. The van der Waals surface area contributed by atoms with Crippen LogP contribution >= 0.6 is 11.6 Å². The van der Waals surface area contributed by atoms with E-state index in [2.05, 4.69) is 36.1 Å². The average molecular weight is 262 g/mol. The molecule has 2 aromatic carbocycles. The van der Waals surface area contributed by atoms with Crippen LogP contribution in [0, 0.1) is 6.92 Å². The van der Waals surface area contributed by atoms with Crippen molar-refractivity contribution in [3.05, 3.63) is 58.6 Å². The number of phenols is 1. The van der Waals surface area contributed by atoms with Crippen molar-refractivity contribution in [3.63, 3.8) is 0 Å². The normalized spacial score (nSPS) is 10.4. The van der Waals surface area contributed by atoms with Gasteiger partial charge in [0.2, 0.25) is 0 Å². The van der Waals surface area contributed by atoms with Gasteiger partial charge in [-0.2, -0.15) is 0 Å². The maximum atomic E-state index is 9.82. The molecule has 0 fully saturated rings. The zero-order valence-electron chi connectivity index (χ0n) is 10.5. The summed E-state index contributed by atoms with van der Waals surface area (Å²) in [4.78, 5) is 2.06. The molecule has 2 rings (SSSR count). The SMILES string of the molecule is Cc1ccc(N(C)Cc2c(O)cccc2Cl)cc1. The molecule has 0 amide bonds. The third kappa shape index (κ3) is 2.77. The summed E-state index contributed by atoms with van der Waals surface area (Å²) in [5.41, 5.74) is 3.08. The Hall–Kier alpha value is -1.67. The summed E-state index contributed by atoms with van der Waals surface area (Å²) in [5, 5.41) is 10.4. The lowest BCUT2D eigenvalue weighted by Gasteiger charge is -2.20. The molecule has 94 valence electrons. The Labute approximate surface area is 112 Å². The van der Waals surface area contributed by atoms with Gasteiger partial charge in [-0.25, -0.2) is 0 Å². The van der Waals surface area contributed by atoms with E-state index in [0.29, 0.717) is 11.6 Å². The van der Waals surface area contributed by atoms with Crippen molar-refractivity contribution < 1.29 is 5.11 Å². The molecule has 18 heavy (non-hydrogen) atoms. The van der Waals surface area contributed by atoms with E-state index in [0.717, 1.165) is 11.3 Å². The van der Waals surface area contributed by atoms with Gasteiger partial charge in [-0.15, -0.1) is 0 Å². The first kappa shape index (κ1) is 12.8. The van der Waals surface area contributed by atoms with Gasteiger partial charge in [-0.3, -0.25) is 0 Å². The molecule has 2 nitrogen and oxygen atoms in total. The van der Waals surface area contributed by atoms with Crippen molar-refractivity contribution >= 4 is 17.3 Å². The second kappa shape index (κ2) is 5.32. The Balaban J connectivity index is 2.21. The molecule has 0 aliphatic carbocycles. The molecule has 1 N–H and O–H groups in total. The van der Waals surface area contributed by atoms with E-state index in [-0.39, 0.29) is 5.75 Å². The topological polar surface area (TPSA) is 23.5 Å². The first-order valence-electron chi connectivity index (χ1n) is 5.82. The molecule has 0 unspecified atom stereocenters. The molecule has 0 bridgehead atoms. The van der Waals surface area contributed by atoms with Crippen molar-refractivity contribution in [2.45, 2.75) is 13.5 Å². The van der Waals surface area contributed by atoms with Gasteiger partial charge < -0.3 is 10.0 Å². The highest BCUT2D eigenvalue weighted by atomic mass is 35.5. The first-order valence-corrected chi connectivity index (χ1v) is 6.20. The predicted octanol–water partition coefficient (Wildman–Crippen LogP) is 3.99. The van der Waals surface area contributed by atoms with Gasteiger partial charge in [-0.05, 0) is 31.2 Å². The number of halogens is 1. The third-order valence-corrected chi connectivity index (χ3v) is 3.32. The highest BCUT2D eigenvalue weighted by Crippen LogP contribution is 2.27. The molecule has 0 spiro atoms. The summed E-state index contributed by atoms with van der Waals surface area (Å²) in [6, 6.07) is 13.4. The Morgan fingerprint density at radius 3 is 2.39 bits per heavy atom. The van der Waals surface area contributed by atoms with Crippen LogP contribution in [0.15, 0.2) is 42.5 Å². The minimum Gasteiger partial charge on any atom is -0.508 e. The van der Waals surface area contributed by atoms with Crippen LogP contribution in [0.2, 0.25) is 5.02 Å². The van der Waals surface area contributed by atoms with E-state index in [1.54, 1.807) is 18.2 Å². The van der Waals surface area contributed by atoms with E-state index in [9.17, 15) is 5.11 Å². The van der Waals surface area contributed by atoms with Crippen LogP contribution in [0.3, 0.4) is 0 Å². The molecule has 2 aromatic rings. The van der Waals surface area contributed by atoms with Crippen LogP contribution in [0.4, 0.5) is 5.69 Å². The minimum atomic E-state index is 0.237. The van der Waals surface area contributed by atoms with Crippen LogP contribution in [-0.4, -0.2) is 12.2 Å². The molecule has 3 heteroatoms. The summed E-state index contributed by atoms with van der Waals surface area (Å²) >= 11 is 6.10. The number of phenolic OH excluding ortho intramolecular Hbond substituents is 1. The summed E-state index contributed by atoms with van der Waals surface area (Å²) < 4.78 is 0. The van der Waals surface area contributed by atoms with Crippen molar-refractivity contribution in [2.75, 3.05) is 11.9 Å². The number of benzene rings is 2. The van der Waals surface area contributed by atoms with Gasteiger partial charge in [0.15, 0.2) is 0 Å². The van der Waals surface area contributed by atoms with Gasteiger partial charge in [0, 0.05) is 29.9 Å². The fourth-order valence-electron chi connectivity index (χ4n) is 1.83. The number of anilines is 1. The summed E-state index contributed by atoms with van der Waals surface area (Å²) in [6.45, 7) is 2.64. The van der Waals surface area contributed by atoms with E-state index < -0.39 is 0 Å². The Morgan fingerprint density at radius 2 is 1.78 bits per heavy atom. The van der Waals surface area contributed by atoms with Gasteiger partial charge in [0.25, 0.3) is 0 Å². The van der Waals surface area contributed by atoms with E-state index >= 15 is 0 Å². The molecule has 0 aliphatic rings. The predicted molar refractivity (Wildman–Crippen MR) is 76.4 cm³/mol. The molecule has 0 saturated carbocycles. The average Bonchev–Trinajstić information content (AvgIpc) is 2.34. The van der Waals surface area contributed by atoms with Gasteiger partial charge in [0.05, 0.1) is 0 Å². The van der Waals surface area contributed by atoms with Crippen molar-refractivity contribution in [2.24, 2.45) is 0 Å². The standard InChI is InChI=1S/C15H16ClNO/c1-11-6-8-12(9-7-11)17(2)10-13-14(16)4-3-5-15(13)18/h3-9,18H,10H2,1-2H3. The number of hydrogen-bond donors (Lipinski definition) is 1. The number of nitrogens with zero attached hydrogens (tertiary/aromatic N) is 1. The van der Waals surface area contributed by atoms with Crippen LogP contribution in [0.25, 0.3) is 0 Å². The first-order chi connectivity index (χ1) is 8.58.